The Hall–Kier alpha value is -2.60. The van der Waals surface area contributed by atoms with E-state index in [4.69, 9.17) is 0 Å². The number of nitrogens with one attached hydrogen (secondary N) is 1. The van der Waals surface area contributed by atoms with Gasteiger partial charge >= 0.3 is 0 Å². The predicted molar refractivity (Wildman–Crippen MR) is 108 cm³/mol. The molecule has 2 aliphatic rings. The standard InChI is InChI=1S/C22H20FN3OS/c1-26-21-16-11-14(23)9-10-19(16)28-12-17(21)20(25-26)22(27)24-18-8-4-6-13-5-2-3-7-15(13)18/h2-3,5,7,9-11,18H,4,6,8,12H2,1H3,(H,24,27). The molecule has 0 radical (unpaired) electrons. The fourth-order valence-corrected chi connectivity index (χ4v) is 5.37. The van der Waals surface area contributed by atoms with Crippen molar-refractivity contribution in [2.45, 2.75) is 36.0 Å². The highest BCUT2D eigenvalue weighted by molar-refractivity contribution is 7.98. The Bertz CT molecular complexity index is 1090. The van der Waals surface area contributed by atoms with Gasteiger partial charge in [-0.05, 0) is 48.6 Å². The Labute approximate surface area is 167 Å². The second-order valence-corrected chi connectivity index (χ2v) is 8.36. The summed E-state index contributed by atoms with van der Waals surface area (Å²) in [6, 6.07) is 13.1. The molecule has 2 heterocycles. The van der Waals surface area contributed by atoms with Gasteiger partial charge in [0.15, 0.2) is 5.69 Å². The van der Waals surface area contributed by atoms with Crippen LogP contribution < -0.4 is 5.32 Å². The minimum Gasteiger partial charge on any atom is -0.344 e. The van der Waals surface area contributed by atoms with Crippen molar-refractivity contribution >= 4 is 17.7 Å². The van der Waals surface area contributed by atoms with E-state index in [-0.39, 0.29) is 17.8 Å². The molecule has 1 aliphatic carbocycles. The number of aryl methyl sites for hydroxylation is 2. The quantitative estimate of drug-likeness (QED) is 0.690. The fraction of sp³-hybridized carbons (Fsp3) is 0.273. The normalized spacial score (nSPS) is 17.4. The molecule has 28 heavy (non-hydrogen) atoms. The molecule has 5 rings (SSSR count). The molecule has 0 fully saturated rings. The Morgan fingerprint density at radius 3 is 3.04 bits per heavy atom. The third kappa shape index (κ3) is 2.83. The summed E-state index contributed by atoms with van der Waals surface area (Å²) >= 11 is 1.62. The average Bonchev–Trinajstić information content (AvgIpc) is 3.05. The van der Waals surface area contributed by atoms with Crippen LogP contribution in [0.25, 0.3) is 11.3 Å². The van der Waals surface area contributed by atoms with Crippen LogP contribution in [0, 0.1) is 5.82 Å². The van der Waals surface area contributed by atoms with Crippen molar-refractivity contribution in [3.63, 3.8) is 0 Å². The number of nitrogens with zero attached hydrogens (tertiary/aromatic N) is 2. The zero-order chi connectivity index (χ0) is 19.3. The van der Waals surface area contributed by atoms with Gasteiger partial charge in [-0.25, -0.2) is 4.39 Å². The van der Waals surface area contributed by atoms with Crippen LogP contribution in [0.3, 0.4) is 0 Å². The van der Waals surface area contributed by atoms with Crippen LogP contribution in [0.15, 0.2) is 47.4 Å². The monoisotopic (exact) mass is 393 g/mol. The van der Waals surface area contributed by atoms with E-state index in [2.05, 4.69) is 22.5 Å². The summed E-state index contributed by atoms with van der Waals surface area (Å²) in [5.74, 6) is 0.225. The number of hydrogen-bond donors (Lipinski definition) is 1. The van der Waals surface area contributed by atoms with Crippen LogP contribution in [0.2, 0.25) is 0 Å². The summed E-state index contributed by atoms with van der Waals surface area (Å²) < 4.78 is 15.5. The van der Waals surface area contributed by atoms with Gasteiger partial charge < -0.3 is 5.32 Å². The zero-order valence-corrected chi connectivity index (χ0v) is 16.4. The van der Waals surface area contributed by atoms with Crippen molar-refractivity contribution in [3.8, 4) is 11.3 Å². The van der Waals surface area contributed by atoms with Crippen molar-refractivity contribution < 1.29 is 9.18 Å². The molecule has 3 aromatic rings. The van der Waals surface area contributed by atoms with E-state index >= 15 is 0 Å². The van der Waals surface area contributed by atoms with E-state index in [1.54, 1.807) is 22.5 Å². The molecule has 0 bridgehead atoms. The van der Waals surface area contributed by atoms with Crippen LogP contribution in [0.1, 0.15) is 46.1 Å². The third-order valence-corrected chi connectivity index (χ3v) is 6.70. The molecule has 0 saturated heterocycles. The molecule has 2 aromatic carbocycles. The lowest BCUT2D eigenvalue weighted by atomic mass is 9.87. The number of carbonyl (C=O) groups is 1. The highest BCUT2D eigenvalue weighted by Crippen LogP contribution is 2.43. The molecule has 0 saturated carbocycles. The van der Waals surface area contributed by atoms with Gasteiger partial charge in [0.05, 0.1) is 11.7 Å². The van der Waals surface area contributed by atoms with Crippen molar-refractivity contribution in [3.05, 3.63) is 70.7 Å². The molecule has 4 nitrogen and oxygen atoms in total. The number of benzene rings is 2. The molecule has 1 amide bonds. The van der Waals surface area contributed by atoms with Gasteiger partial charge in [0.1, 0.15) is 5.82 Å². The fourth-order valence-electron chi connectivity index (χ4n) is 4.32. The minimum atomic E-state index is -0.279. The lowest BCUT2D eigenvalue weighted by Crippen LogP contribution is -2.31. The van der Waals surface area contributed by atoms with Gasteiger partial charge in [-0.15, -0.1) is 11.8 Å². The van der Waals surface area contributed by atoms with Crippen molar-refractivity contribution in [2.24, 2.45) is 7.05 Å². The first kappa shape index (κ1) is 17.5. The molecule has 1 atom stereocenters. The maximum absolute atomic E-state index is 13.8. The van der Waals surface area contributed by atoms with Crippen LogP contribution in [-0.2, 0) is 19.2 Å². The largest absolute Gasteiger partial charge is 0.344 e. The van der Waals surface area contributed by atoms with Crippen LogP contribution in [0.4, 0.5) is 4.39 Å². The summed E-state index contributed by atoms with van der Waals surface area (Å²) in [6.45, 7) is 0. The number of rotatable bonds is 2. The molecular formula is C22H20FN3OS. The lowest BCUT2D eigenvalue weighted by Gasteiger charge is -2.26. The first-order valence-corrected chi connectivity index (χ1v) is 10.5. The molecule has 1 aromatic heterocycles. The molecule has 0 spiro atoms. The zero-order valence-electron chi connectivity index (χ0n) is 15.5. The minimum absolute atomic E-state index is 0.0103. The van der Waals surface area contributed by atoms with E-state index in [1.165, 1.54) is 23.3 Å². The van der Waals surface area contributed by atoms with Crippen molar-refractivity contribution in [2.75, 3.05) is 0 Å². The van der Waals surface area contributed by atoms with E-state index in [9.17, 15) is 9.18 Å². The van der Waals surface area contributed by atoms with E-state index in [0.717, 1.165) is 41.0 Å². The first-order valence-electron chi connectivity index (χ1n) is 9.49. The third-order valence-electron chi connectivity index (χ3n) is 5.60. The van der Waals surface area contributed by atoms with Gasteiger partial charge in [-0.1, -0.05) is 24.3 Å². The number of fused-ring (bicyclic) bond motifs is 4. The Morgan fingerprint density at radius 2 is 2.14 bits per heavy atom. The molecule has 142 valence electrons. The number of hydrogen-bond acceptors (Lipinski definition) is 3. The van der Waals surface area contributed by atoms with Crippen LogP contribution in [0.5, 0.6) is 0 Å². The molecule has 1 unspecified atom stereocenters. The number of amides is 1. The second kappa shape index (κ2) is 6.78. The summed E-state index contributed by atoms with van der Waals surface area (Å²) in [5.41, 5.74) is 5.48. The number of halogens is 1. The van der Waals surface area contributed by atoms with E-state index < -0.39 is 0 Å². The van der Waals surface area contributed by atoms with E-state index in [1.807, 2.05) is 19.2 Å². The van der Waals surface area contributed by atoms with Gasteiger partial charge in [0, 0.05) is 28.8 Å². The highest BCUT2D eigenvalue weighted by Gasteiger charge is 2.30. The summed E-state index contributed by atoms with van der Waals surface area (Å²) in [5, 5.41) is 7.70. The molecule has 1 N–H and O–H groups in total. The molecule has 1 aliphatic heterocycles. The number of aromatic nitrogens is 2. The second-order valence-electron chi connectivity index (χ2n) is 7.35. The Kier molecular flexibility index (Phi) is 4.23. The smallest absolute Gasteiger partial charge is 0.272 e. The average molecular weight is 393 g/mol. The van der Waals surface area contributed by atoms with Crippen LogP contribution >= 0.6 is 11.8 Å². The Morgan fingerprint density at radius 1 is 1.29 bits per heavy atom. The predicted octanol–water partition coefficient (Wildman–Crippen LogP) is 4.64. The van der Waals surface area contributed by atoms with Crippen molar-refractivity contribution in [1.82, 2.24) is 15.1 Å². The van der Waals surface area contributed by atoms with Crippen molar-refractivity contribution in [1.29, 1.82) is 0 Å². The maximum atomic E-state index is 13.8. The van der Waals surface area contributed by atoms with Gasteiger partial charge in [0.2, 0.25) is 0 Å². The van der Waals surface area contributed by atoms with Gasteiger partial charge in [-0.2, -0.15) is 5.10 Å². The highest BCUT2D eigenvalue weighted by atomic mass is 32.2. The summed E-state index contributed by atoms with van der Waals surface area (Å²) in [7, 11) is 1.82. The van der Waals surface area contributed by atoms with Crippen LogP contribution in [-0.4, -0.2) is 15.7 Å². The lowest BCUT2D eigenvalue weighted by molar-refractivity contribution is 0.0926. The van der Waals surface area contributed by atoms with E-state index in [0.29, 0.717) is 11.4 Å². The number of carbonyl (C=O) groups excluding carboxylic acids is 1. The maximum Gasteiger partial charge on any atom is 0.272 e. The molecular weight excluding hydrogens is 373 g/mol. The Balaban J connectivity index is 1.49. The summed E-state index contributed by atoms with van der Waals surface area (Å²) in [4.78, 5) is 14.1. The first-order chi connectivity index (χ1) is 13.6. The summed E-state index contributed by atoms with van der Waals surface area (Å²) in [6.07, 6.45) is 3.05. The van der Waals surface area contributed by atoms with Gasteiger partial charge in [0.25, 0.3) is 5.91 Å². The SMILES string of the molecule is Cn1nc(C(=O)NC2CCCc3ccccc32)c2c1-c1cc(F)ccc1SC2. The number of thioether (sulfide) groups is 1. The van der Waals surface area contributed by atoms with Gasteiger partial charge in [-0.3, -0.25) is 9.48 Å². The topological polar surface area (TPSA) is 46.9 Å². The molecule has 6 heteroatoms.